The first-order chi connectivity index (χ1) is 7.58. The van der Waals surface area contributed by atoms with E-state index >= 15 is 0 Å². The summed E-state index contributed by atoms with van der Waals surface area (Å²) in [5, 5.41) is 9.67. The van der Waals surface area contributed by atoms with E-state index in [-0.39, 0.29) is 0 Å². The Morgan fingerprint density at radius 3 is 2.38 bits per heavy atom. The number of hydrogen-bond acceptors (Lipinski definition) is 1. The van der Waals surface area contributed by atoms with Gasteiger partial charge in [0.2, 0.25) is 0 Å². The summed E-state index contributed by atoms with van der Waals surface area (Å²) in [4.78, 5) is 0. The van der Waals surface area contributed by atoms with Crippen LogP contribution in [0.4, 0.5) is 0 Å². The van der Waals surface area contributed by atoms with Crippen molar-refractivity contribution in [1.82, 2.24) is 0 Å². The maximum Gasteiger partial charge on any atom is 0.119 e. The molecule has 1 N–H and O–H groups in total. The predicted octanol–water partition coefficient (Wildman–Crippen LogP) is 2.47. The zero-order valence-electron chi connectivity index (χ0n) is 9.49. The molecule has 0 aliphatic carbocycles. The highest BCUT2D eigenvalue weighted by Crippen LogP contribution is 2.24. The smallest absolute Gasteiger partial charge is 0.119 e. The first-order valence-electron chi connectivity index (χ1n) is 5.24. The molecule has 0 amide bonds. The maximum atomic E-state index is 9.67. The van der Waals surface area contributed by atoms with Crippen molar-refractivity contribution in [3.8, 4) is 16.9 Å². The van der Waals surface area contributed by atoms with Crippen molar-refractivity contribution in [2.24, 2.45) is 0 Å². The molecular weight excluding hydrogens is 195 g/mol. The van der Waals surface area contributed by atoms with Crippen LogP contribution in [0.1, 0.15) is 11.1 Å². The van der Waals surface area contributed by atoms with Gasteiger partial charge in [-0.2, -0.15) is 0 Å². The average molecular weight is 208 g/mol. The summed E-state index contributed by atoms with van der Waals surface area (Å²) in [5.41, 5.74) is 4.65. The van der Waals surface area contributed by atoms with Gasteiger partial charge in [0.15, 0.2) is 0 Å². The quantitative estimate of drug-likeness (QED) is 0.713. The third-order valence-corrected chi connectivity index (χ3v) is 2.73. The van der Waals surface area contributed by atoms with E-state index in [0.29, 0.717) is 5.75 Å². The molecule has 1 nitrogen and oxygen atoms in total. The molecule has 0 aliphatic heterocycles. The molecule has 0 aromatic heterocycles. The number of aryl methyl sites for hydroxylation is 2. The van der Waals surface area contributed by atoms with Crippen molar-refractivity contribution in [2.45, 2.75) is 13.8 Å². The minimum atomic E-state index is 0.303. The lowest BCUT2D eigenvalue weighted by Crippen LogP contribution is -2.06. The first kappa shape index (κ1) is 10.8. The molecule has 0 saturated carbocycles. The van der Waals surface area contributed by atoms with Crippen molar-refractivity contribution in [2.75, 3.05) is 0 Å². The molecule has 0 saturated heterocycles. The first-order valence-corrected chi connectivity index (χ1v) is 5.24. The SMILES string of the molecule is [B]c1cc(C)ccc1-c1ccc(C)c(O)c1. The topological polar surface area (TPSA) is 20.2 Å². The van der Waals surface area contributed by atoms with Crippen LogP contribution in [-0.4, -0.2) is 13.0 Å². The third kappa shape index (κ3) is 1.96. The molecule has 0 fully saturated rings. The minimum Gasteiger partial charge on any atom is -0.508 e. The van der Waals surface area contributed by atoms with E-state index in [0.717, 1.165) is 27.7 Å². The summed E-state index contributed by atoms with van der Waals surface area (Å²) < 4.78 is 0. The van der Waals surface area contributed by atoms with E-state index in [1.165, 1.54) is 0 Å². The van der Waals surface area contributed by atoms with Crippen molar-refractivity contribution in [3.05, 3.63) is 47.5 Å². The minimum absolute atomic E-state index is 0.303. The van der Waals surface area contributed by atoms with Crippen LogP contribution in [0.2, 0.25) is 0 Å². The molecule has 0 atom stereocenters. The van der Waals surface area contributed by atoms with Crippen LogP contribution in [0.3, 0.4) is 0 Å². The van der Waals surface area contributed by atoms with Crippen LogP contribution in [-0.2, 0) is 0 Å². The molecule has 2 radical (unpaired) electrons. The monoisotopic (exact) mass is 208 g/mol. The van der Waals surface area contributed by atoms with Gasteiger partial charge in [-0.05, 0) is 36.6 Å². The number of rotatable bonds is 1. The van der Waals surface area contributed by atoms with E-state index in [9.17, 15) is 5.11 Å². The number of hydrogen-bond donors (Lipinski definition) is 1. The van der Waals surface area contributed by atoms with Gasteiger partial charge in [0, 0.05) is 0 Å². The second-order valence-electron chi connectivity index (χ2n) is 4.09. The normalized spacial score (nSPS) is 10.4. The molecule has 16 heavy (non-hydrogen) atoms. The van der Waals surface area contributed by atoms with E-state index in [2.05, 4.69) is 0 Å². The third-order valence-electron chi connectivity index (χ3n) is 2.73. The highest BCUT2D eigenvalue weighted by molar-refractivity contribution is 6.36. The van der Waals surface area contributed by atoms with Gasteiger partial charge in [-0.25, -0.2) is 0 Å². The van der Waals surface area contributed by atoms with Gasteiger partial charge < -0.3 is 5.11 Å². The molecule has 0 bridgehead atoms. The fourth-order valence-corrected chi connectivity index (χ4v) is 1.72. The van der Waals surface area contributed by atoms with Crippen LogP contribution in [0.5, 0.6) is 5.75 Å². The molecule has 0 spiro atoms. The van der Waals surface area contributed by atoms with Crippen molar-refractivity contribution >= 4 is 13.3 Å². The number of aromatic hydroxyl groups is 1. The summed E-state index contributed by atoms with van der Waals surface area (Å²) in [7, 11) is 5.96. The molecule has 0 aliphatic rings. The van der Waals surface area contributed by atoms with Gasteiger partial charge in [-0.3, -0.25) is 0 Å². The van der Waals surface area contributed by atoms with Gasteiger partial charge in [0.25, 0.3) is 0 Å². The molecule has 0 unspecified atom stereocenters. The molecule has 2 aromatic rings. The highest BCUT2D eigenvalue weighted by atomic mass is 16.3. The standard InChI is InChI=1S/C14H13BO/c1-9-3-6-12(13(15)7-9)11-5-4-10(2)14(16)8-11/h3-8,16H,1-2H3. The van der Waals surface area contributed by atoms with Gasteiger partial charge >= 0.3 is 0 Å². The van der Waals surface area contributed by atoms with E-state index < -0.39 is 0 Å². The molecule has 0 heterocycles. The number of phenolic OH excluding ortho intramolecular Hbond substituents is 1. The molecule has 78 valence electrons. The van der Waals surface area contributed by atoms with Crippen LogP contribution >= 0.6 is 0 Å². The second-order valence-corrected chi connectivity index (χ2v) is 4.09. The molecule has 2 heteroatoms. The fourth-order valence-electron chi connectivity index (χ4n) is 1.72. The molecular formula is C14H13BO. The Kier molecular flexibility index (Phi) is 2.74. The van der Waals surface area contributed by atoms with E-state index in [1.807, 2.05) is 44.2 Å². The van der Waals surface area contributed by atoms with E-state index in [4.69, 9.17) is 7.85 Å². The largest absolute Gasteiger partial charge is 0.508 e. The highest BCUT2D eigenvalue weighted by Gasteiger charge is 2.03. The summed E-state index contributed by atoms with van der Waals surface area (Å²) in [6, 6.07) is 11.5. The average Bonchev–Trinajstić information content (AvgIpc) is 2.22. The fraction of sp³-hybridized carbons (Fsp3) is 0.143. The lowest BCUT2D eigenvalue weighted by Gasteiger charge is -2.09. The Morgan fingerprint density at radius 1 is 1.00 bits per heavy atom. The van der Waals surface area contributed by atoms with Crippen LogP contribution in [0, 0.1) is 13.8 Å². The zero-order valence-corrected chi connectivity index (χ0v) is 9.49. The summed E-state index contributed by atoms with van der Waals surface area (Å²) >= 11 is 0. The van der Waals surface area contributed by atoms with Gasteiger partial charge in [0.05, 0.1) is 0 Å². The Hall–Kier alpha value is -1.70. The Morgan fingerprint density at radius 2 is 1.75 bits per heavy atom. The van der Waals surface area contributed by atoms with Gasteiger partial charge in [-0.15, -0.1) is 0 Å². The Balaban J connectivity index is 2.54. The van der Waals surface area contributed by atoms with Crippen LogP contribution in [0.15, 0.2) is 36.4 Å². The Labute approximate surface area is 97.2 Å². The number of phenols is 1. The van der Waals surface area contributed by atoms with Gasteiger partial charge in [-0.1, -0.05) is 41.4 Å². The number of benzene rings is 2. The zero-order chi connectivity index (χ0) is 11.7. The second kappa shape index (κ2) is 4.05. The lowest BCUT2D eigenvalue weighted by molar-refractivity contribution is 0.471. The van der Waals surface area contributed by atoms with Gasteiger partial charge in [0.1, 0.15) is 13.6 Å². The van der Waals surface area contributed by atoms with Crippen molar-refractivity contribution < 1.29 is 5.11 Å². The Bertz CT molecular complexity index is 532. The molecule has 2 rings (SSSR count). The predicted molar refractivity (Wildman–Crippen MR) is 68.4 cm³/mol. The summed E-state index contributed by atoms with van der Waals surface area (Å²) in [6.07, 6.45) is 0. The van der Waals surface area contributed by atoms with Crippen molar-refractivity contribution in [3.63, 3.8) is 0 Å². The molecule has 2 aromatic carbocycles. The van der Waals surface area contributed by atoms with E-state index in [1.54, 1.807) is 6.07 Å². The van der Waals surface area contributed by atoms with Crippen molar-refractivity contribution in [1.29, 1.82) is 0 Å². The summed E-state index contributed by atoms with van der Waals surface area (Å²) in [5.74, 6) is 0.303. The maximum absolute atomic E-state index is 9.67. The summed E-state index contributed by atoms with van der Waals surface area (Å²) in [6.45, 7) is 3.88. The van der Waals surface area contributed by atoms with Crippen LogP contribution in [0.25, 0.3) is 11.1 Å². The van der Waals surface area contributed by atoms with Crippen LogP contribution < -0.4 is 5.46 Å². The lowest BCUT2D eigenvalue weighted by atomic mass is 9.85.